The summed E-state index contributed by atoms with van der Waals surface area (Å²) in [5.74, 6) is 2.70. The first-order valence-electron chi connectivity index (χ1n) is 8.59. The minimum absolute atomic E-state index is 0.554. The Morgan fingerprint density at radius 3 is 2.85 bits per heavy atom. The molecule has 0 aliphatic rings. The van der Waals surface area contributed by atoms with Gasteiger partial charge < -0.3 is 8.94 Å². The second kappa shape index (κ2) is 8.06. The van der Waals surface area contributed by atoms with Gasteiger partial charge in [-0.25, -0.2) is 0 Å². The molecular formula is C19H18N4O2S2. The SMILES string of the molecule is Cc1ccc(-c2nnc(SCCCc3nc(-c4cccs4)no3)o2)cc1C. The van der Waals surface area contributed by atoms with E-state index in [2.05, 4.69) is 46.3 Å². The Bertz CT molecular complexity index is 1020. The number of aromatic nitrogens is 4. The van der Waals surface area contributed by atoms with Crippen molar-refractivity contribution in [3.8, 4) is 22.2 Å². The highest BCUT2D eigenvalue weighted by molar-refractivity contribution is 7.99. The third kappa shape index (κ3) is 4.28. The van der Waals surface area contributed by atoms with Crippen LogP contribution in [0.5, 0.6) is 0 Å². The van der Waals surface area contributed by atoms with Crippen molar-refractivity contribution >= 4 is 23.1 Å². The van der Waals surface area contributed by atoms with Gasteiger partial charge in [0.25, 0.3) is 5.22 Å². The predicted octanol–water partition coefficient (Wildman–Crippen LogP) is 5.19. The maximum Gasteiger partial charge on any atom is 0.276 e. The van der Waals surface area contributed by atoms with E-state index in [4.69, 9.17) is 8.94 Å². The van der Waals surface area contributed by atoms with Gasteiger partial charge in [-0.2, -0.15) is 4.98 Å². The van der Waals surface area contributed by atoms with E-state index in [-0.39, 0.29) is 0 Å². The number of benzene rings is 1. The highest BCUT2D eigenvalue weighted by Gasteiger charge is 2.11. The molecule has 0 spiro atoms. The van der Waals surface area contributed by atoms with Gasteiger partial charge in [0.1, 0.15) is 0 Å². The Labute approximate surface area is 165 Å². The van der Waals surface area contributed by atoms with Gasteiger partial charge in [-0.15, -0.1) is 21.5 Å². The van der Waals surface area contributed by atoms with E-state index in [0.29, 0.717) is 22.8 Å². The zero-order valence-electron chi connectivity index (χ0n) is 15.0. The number of hydrogen-bond acceptors (Lipinski definition) is 8. The Morgan fingerprint density at radius 1 is 1.11 bits per heavy atom. The standard InChI is InChI=1S/C19H18N4O2S2/c1-12-7-8-14(11-13(12)2)18-21-22-19(24-18)27-10-4-6-16-20-17(23-25-16)15-5-3-9-26-15/h3,5,7-9,11H,4,6,10H2,1-2H3. The van der Waals surface area contributed by atoms with Crippen LogP contribution in [0.15, 0.2) is 49.9 Å². The Kier molecular flexibility index (Phi) is 5.35. The number of nitrogens with zero attached hydrogens (tertiary/aromatic N) is 4. The largest absolute Gasteiger partial charge is 0.411 e. The van der Waals surface area contributed by atoms with Crippen molar-refractivity contribution in [2.45, 2.75) is 31.9 Å². The molecule has 0 saturated carbocycles. The fourth-order valence-corrected chi connectivity index (χ4v) is 3.85. The smallest absolute Gasteiger partial charge is 0.276 e. The first-order chi connectivity index (χ1) is 13.2. The third-order valence-electron chi connectivity index (χ3n) is 4.13. The minimum atomic E-state index is 0.554. The normalized spacial score (nSPS) is 11.2. The van der Waals surface area contributed by atoms with E-state index in [1.54, 1.807) is 11.3 Å². The van der Waals surface area contributed by atoms with Crippen molar-refractivity contribution in [3.05, 3.63) is 52.7 Å². The van der Waals surface area contributed by atoms with Gasteiger partial charge in [0, 0.05) is 17.7 Å². The summed E-state index contributed by atoms with van der Waals surface area (Å²) in [6.07, 6.45) is 1.61. The molecule has 0 unspecified atom stereocenters. The van der Waals surface area contributed by atoms with Crippen molar-refractivity contribution in [1.82, 2.24) is 20.3 Å². The number of aryl methyl sites for hydroxylation is 3. The van der Waals surface area contributed by atoms with Crippen LogP contribution in [-0.4, -0.2) is 26.1 Å². The molecule has 0 aliphatic carbocycles. The van der Waals surface area contributed by atoms with E-state index in [1.165, 1.54) is 22.9 Å². The van der Waals surface area contributed by atoms with Crippen LogP contribution in [0, 0.1) is 13.8 Å². The van der Waals surface area contributed by atoms with Gasteiger partial charge in [-0.3, -0.25) is 0 Å². The monoisotopic (exact) mass is 398 g/mol. The third-order valence-corrected chi connectivity index (χ3v) is 5.90. The van der Waals surface area contributed by atoms with Gasteiger partial charge in [0.15, 0.2) is 0 Å². The molecule has 1 aromatic carbocycles. The van der Waals surface area contributed by atoms with Gasteiger partial charge in [-0.05, 0) is 55.0 Å². The number of thiophene rings is 1. The van der Waals surface area contributed by atoms with Crippen LogP contribution in [0.2, 0.25) is 0 Å². The highest BCUT2D eigenvalue weighted by Crippen LogP contribution is 2.26. The average Bonchev–Trinajstić information content (AvgIpc) is 3.42. The van der Waals surface area contributed by atoms with Crippen LogP contribution in [-0.2, 0) is 6.42 Å². The average molecular weight is 399 g/mol. The van der Waals surface area contributed by atoms with Gasteiger partial charge in [-0.1, -0.05) is 29.1 Å². The number of hydrogen-bond donors (Lipinski definition) is 0. The summed E-state index contributed by atoms with van der Waals surface area (Å²) in [5.41, 5.74) is 3.40. The van der Waals surface area contributed by atoms with Gasteiger partial charge >= 0.3 is 0 Å². The minimum Gasteiger partial charge on any atom is -0.411 e. The molecule has 0 N–H and O–H groups in total. The number of rotatable bonds is 7. The molecule has 0 radical (unpaired) electrons. The lowest BCUT2D eigenvalue weighted by Gasteiger charge is -2.00. The lowest BCUT2D eigenvalue weighted by Crippen LogP contribution is -1.88. The van der Waals surface area contributed by atoms with Crippen LogP contribution in [0.25, 0.3) is 22.2 Å². The molecule has 0 bridgehead atoms. The second-order valence-corrected chi connectivity index (χ2v) is 8.11. The fourth-order valence-electron chi connectivity index (χ4n) is 2.50. The molecule has 0 aliphatic heterocycles. The molecule has 3 aromatic heterocycles. The van der Waals surface area contributed by atoms with Crippen molar-refractivity contribution in [2.75, 3.05) is 5.75 Å². The Morgan fingerprint density at radius 2 is 2.04 bits per heavy atom. The number of thioether (sulfide) groups is 1. The summed E-state index contributed by atoms with van der Waals surface area (Å²) in [4.78, 5) is 5.45. The molecule has 8 heteroatoms. The summed E-state index contributed by atoms with van der Waals surface area (Å²) in [6, 6.07) is 10.1. The summed E-state index contributed by atoms with van der Waals surface area (Å²) in [5, 5.41) is 14.9. The Balaban J connectivity index is 1.28. The zero-order chi connectivity index (χ0) is 18.6. The van der Waals surface area contributed by atoms with Crippen LogP contribution in [0.3, 0.4) is 0 Å². The van der Waals surface area contributed by atoms with Crippen LogP contribution in [0.1, 0.15) is 23.4 Å². The predicted molar refractivity (Wildman–Crippen MR) is 106 cm³/mol. The summed E-state index contributed by atoms with van der Waals surface area (Å²) in [6.45, 7) is 4.16. The molecule has 0 amide bonds. The summed E-state index contributed by atoms with van der Waals surface area (Å²) in [7, 11) is 0. The van der Waals surface area contributed by atoms with Crippen molar-refractivity contribution in [2.24, 2.45) is 0 Å². The zero-order valence-corrected chi connectivity index (χ0v) is 16.6. The van der Waals surface area contributed by atoms with E-state index < -0.39 is 0 Å². The molecule has 0 fully saturated rings. The van der Waals surface area contributed by atoms with Crippen molar-refractivity contribution in [3.63, 3.8) is 0 Å². The fraction of sp³-hybridized carbons (Fsp3) is 0.263. The lowest BCUT2D eigenvalue weighted by molar-refractivity contribution is 0.378. The summed E-state index contributed by atoms with van der Waals surface area (Å²) < 4.78 is 11.1. The molecule has 4 aromatic rings. The molecule has 0 saturated heterocycles. The molecule has 0 atom stereocenters. The highest BCUT2D eigenvalue weighted by atomic mass is 32.2. The van der Waals surface area contributed by atoms with Gasteiger partial charge in [0.2, 0.25) is 17.6 Å². The van der Waals surface area contributed by atoms with Crippen LogP contribution < -0.4 is 0 Å². The van der Waals surface area contributed by atoms with Crippen molar-refractivity contribution in [1.29, 1.82) is 0 Å². The topological polar surface area (TPSA) is 77.8 Å². The van der Waals surface area contributed by atoms with E-state index in [0.717, 1.165) is 29.0 Å². The molecule has 6 nitrogen and oxygen atoms in total. The molecule has 4 rings (SSSR count). The second-order valence-electron chi connectivity index (χ2n) is 6.11. The maximum absolute atomic E-state index is 5.76. The van der Waals surface area contributed by atoms with Crippen LogP contribution >= 0.6 is 23.1 Å². The van der Waals surface area contributed by atoms with Crippen molar-refractivity contribution < 1.29 is 8.94 Å². The molecular weight excluding hydrogens is 380 g/mol. The van der Waals surface area contributed by atoms with Crippen LogP contribution in [0.4, 0.5) is 0 Å². The first-order valence-corrected chi connectivity index (χ1v) is 10.5. The van der Waals surface area contributed by atoms with E-state index >= 15 is 0 Å². The maximum atomic E-state index is 5.76. The van der Waals surface area contributed by atoms with E-state index in [1.807, 2.05) is 23.6 Å². The first kappa shape index (κ1) is 17.9. The molecule has 3 heterocycles. The van der Waals surface area contributed by atoms with Gasteiger partial charge in [0.05, 0.1) is 4.88 Å². The molecule has 138 valence electrons. The quantitative estimate of drug-likeness (QED) is 0.313. The Hall–Kier alpha value is -2.45. The summed E-state index contributed by atoms with van der Waals surface area (Å²) >= 11 is 3.14. The van der Waals surface area contributed by atoms with E-state index in [9.17, 15) is 0 Å². The molecule has 27 heavy (non-hydrogen) atoms. The lowest BCUT2D eigenvalue weighted by atomic mass is 10.1.